The quantitative estimate of drug-likeness (QED) is 0.643. The van der Waals surface area contributed by atoms with E-state index in [2.05, 4.69) is 15.3 Å². The normalized spacial score (nSPS) is 23.8. The van der Waals surface area contributed by atoms with Crippen LogP contribution in [0.2, 0.25) is 0 Å². The van der Waals surface area contributed by atoms with Gasteiger partial charge in [0.2, 0.25) is 0 Å². The lowest BCUT2D eigenvalue weighted by molar-refractivity contribution is 0.0755. The maximum atomic E-state index is 5.31. The number of ether oxygens (including phenoxy) is 1. The summed E-state index contributed by atoms with van der Waals surface area (Å²) in [7, 11) is 0. The number of nitrogens with zero attached hydrogens (tertiary/aromatic N) is 2. The summed E-state index contributed by atoms with van der Waals surface area (Å²) in [6, 6.07) is 0.215. The van der Waals surface area contributed by atoms with Crippen molar-refractivity contribution in [2.75, 3.05) is 19.8 Å². The molecule has 1 saturated heterocycles. The first-order valence-electron chi connectivity index (χ1n) is 4.04. The Morgan fingerprint density at radius 3 is 3.17 bits per heavy atom. The number of aromatic nitrogens is 2. The van der Waals surface area contributed by atoms with E-state index in [9.17, 15) is 0 Å². The number of nitrogens with one attached hydrogen (secondary N) is 1. The molecule has 0 unspecified atom stereocenters. The van der Waals surface area contributed by atoms with E-state index in [1.165, 1.54) is 0 Å². The maximum absolute atomic E-state index is 5.31. The minimum atomic E-state index is 0.215. The Morgan fingerprint density at radius 2 is 2.50 bits per heavy atom. The summed E-state index contributed by atoms with van der Waals surface area (Å²) >= 11 is 0. The van der Waals surface area contributed by atoms with Crippen molar-refractivity contribution in [2.24, 2.45) is 0 Å². The van der Waals surface area contributed by atoms with Gasteiger partial charge in [-0.3, -0.25) is 9.97 Å². The minimum Gasteiger partial charge on any atom is -0.378 e. The minimum absolute atomic E-state index is 0.215. The topological polar surface area (TPSA) is 47.0 Å². The summed E-state index contributed by atoms with van der Waals surface area (Å²) in [4.78, 5) is 8.20. The third-order valence-corrected chi connectivity index (χ3v) is 1.86. The van der Waals surface area contributed by atoms with Crippen LogP contribution >= 0.6 is 0 Å². The van der Waals surface area contributed by atoms with Gasteiger partial charge in [0.05, 0.1) is 31.1 Å². The van der Waals surface area contributed by atoms with Crippen LogP contribution < -0.4 is 5.32 Å². The van der Waals surface area contributed by atoms with E-state index in [1.807, 2.05) is 0 Å². The summed E-state index contributed by atoms with van der Waals surface area (Å²) < 4.78 is 5.31. The molecule has 1 aliphatic rings. The molecule has 0 aromatic carbocycles. The third kappa shape index (κ3) is 1.60. The lowest BCUT2D eigenvalue weighted by atomic mass is 10.2. The van der Waals surface area contributed by atoms with Gasteiger partial charge in [0.1, 0.15) is 0 Å². The summed E-state index contributed by atoms with van der Waals surface area (Å²) in [5.41, 5.74) is 0.956. The molecule has 0 bridgehead atoms. The summed E-state index contributed by atoms with van der Waals surface area (Å²) in [5.74, 6) is 0. The Bertz CT molecular complexity index is 233. The van der Waals surface area contributed by atoms with Gasteiger partial charge in [-0.2, -0.15) is 0 Å². The molecule has 2 heterocycles. The van der Waals surface area contributed by atoms with E-state index in [0.29, 0.717) is 6.61 Å². The van der Waals surface area contributed by atoms with Crippen LogP contribution in [-0.4, -0.2) is 29.7 Å². The van der Waals surface area contributed by atoms with Crippen molar-refractivity contribution in [2.45, 2.75) is 6.04 Å². The molecule has 1 aromatic rings. The second-order valence-electron chi connectivity index (χ2n) is 2.71. The monoisotopic (exact) mass is 165 g/mol. The Kier molecular flexibility index (Phi) is 2.29. The predicted molar refractivity (Wildman–Crippen MR) is 43.6 cm³/mol. The fourth-order valence-corrected chi connectivity index (χ4v) is 1.25. The number of morpholine rings is 1. The molecule has 0 aliphatic carbocycles. The third-order valence-electron chi connectivity index (χ3n) is 1.86. The number of rotatable bonds is 1. The lowest BCUT2D eigenvalue weighted by Crippen LogP contribution is -2.35. The van der Waals surface area contributed by atoms with E-state index < -0.39 is 0 Å². The van der Waals surface area contributed by atoms with Gasteiger partial charge in [-0.05, 0) is 0 Å². The standard InChI is InChI=1S/C8H11N3O/c1-2-10-7(5-9-1)8-6-12-4-3-11-8/h1-2,5,8,11H,3-4,6H2/t8-/m0/s1. The fourth-order valence-electron chi connectivity index (χ4n) is 1.25. The second kappa shape index (κ2) is 3.60. The average Bonchev–Trinajstić information content (AvgIpc) is 2.21. The van der Waals surface area contributed by atoms with Crippen LogP contribution in [0.15, 0.2) is 18.6 Å². The van der Waals surface area contributed by atoms with Crippen LogP contribution in [0.25, 0.3) is 0 Å². The van der Waals surface area contributed by atoms with Crippen LogP contribution in [0, 0.1) is 0 Å². The molecule has 0 spiro atoms. The molecule has 4 heteroatoms. The van der Waals surface area contributed by atoms with Crippen molar-refractivity contribution >= 4 is 0 Å². The number of hydrogen-bond donors (Lipinski definition) is 1. The molecule has 0 radical (unpaired) electrons. The van der Waals surface area contributed by atoms with Gasteiger partial charge >= 0.3 is 0 Å². The van der Waals surface area contributed by atoms with Crippen molar-refractivity contribution in [1.82, 2.24) is 15.3 Å². The largest absolute Gasteiger partial charge is 0.378 e. The highest BCUT2D eigenvalue weighted by molar-refractivity contribution is 5.02. The van der Waals surface area contributed by atoms with E-state index in [0.717, 1.165) is 18.8 Å². The molecule has 1 N–H and O–H groups in total. The Balaban J connectivity index is 2.08. The molecular formula is C8H11N3O. The highest BCUT2D eigenvalue weighted by atomic mass is 16.5. The molecular weight excluding hydrogens is 154 g/mol. The predicted octanol–water partition coefficient (Wildman–Crippen LogP) is 0.138. The Hall–Kier alpha value is -1.00. The first-order chi connectivity index (χ1) is 5.97. The number of hydrogen-bond acceptors (Lipinski definition) is 4. The van der Waals surface area contributed by atoms with Gasteiger partial charge < -0.3 is 10.1 Å². The first kappa shape index (κ1) is 7.64. The highest BCUT2D eigenvalue weighted by Gasteiger charge is 2.15. The van der Waals surface area contributed by atoms with Gasteiger partial charge in [0, 0.05) is 18.9 Å². The van der Waals surface area contributed by atoms with Crippen LogP contribution in [-0.2, 0) is 4.74 Å². The van der Waals surface area contributed by atoms with E-state index in [-0.39, 0.29) is 6.04 Å². The van der Waals surface area contributed by atoms with Crippen LogP contribution in [0.4, 0.5) is 0 Å². The zero-order valence-corrected chi connectivity index (χ0v) is 6.73. The van der Waals surface area contributed by atoms with Crippen molar-refractivity contribution in [3.63, 3.8) is 0 Å². The smallest absolute Gasteiger partial charge is 0.0779 e. The van der Waals surface area contributed by atoms with Crippen molar-refractivity contribution in [3.05, 3.63) is 24.3 Å². The lowest BCUT2D eigenvalue weighted by Gasteiger charge is -2.22. The van der Waals surface area contributed by atoms with Gasteiger partial charge in [-0.1, -0.05) is 0 Å². The van der Waals surface area contributed by atoms with Gasteiger partial charge in [0.15, 0.2) is 0 Å². The fraction of sp³-hybridized carbons (Fsp3) is 0.500. The molecule has 4 nitrogen and oxygen atoms in total. The molecule has 1 aromatic heterocycles. The molecule has 12 heavy (non-hydrogen) atoms. The Morgan fingerprint density at radius 1 is 1.50 bits per heavy atom. The van der Waals surface area contributed by atoms with Gasteiger partial charge in [0.25, 0.3) is 0 Å². The molecule has 1 fully saturated rings. The van der Waals surface area contributed by atoms with Crippen LogP contribution in [0.3, 0.4) is 0 Å². The summed E-state index contributed by atoms with van der Waals surface area (Å²) in [5, 5.41) is 3.31. The first-order valence-corrected chi connectivity index (χ1v) is 4.04. The van der Waals surface area contributed by atoms with Crippen LogP contribution in [0.1, 0.15) is 11.7 Å². The van der Waals surface area contributed by atoms with E-state index in [4.69, 9.17) is 4.74 Å². The molecule has 0 amide bonds. The summed E-state index contributed by atoms with van der Waals surface area (Å²) in [6.45, 7) is 2.37. The molecule has 64 valence electrons. The molecule has 2 rings (SSSR count). The zero-order chi connectivity index (χ0) is 8.23. The average molecular weight is 165 g/mol. The van der Waals surface area contributed by atoms with Crippen molar-refractivity contribution in [3.8, 4) is 0 Å². The second-order valence-corrected chi connectivity index (χ2v) is 2.71. The molecule has 0 saturated carbocycles. The molecule has 1 atom stereocenters. The van der Waals surface area contributed by atoms with Gasteiger partial charge in [-0.15, -0.1) is 0 Å². The van der Waals surface area contributed by atoms with Crippen molar-refractivity contribution in [1.29, 1.82) is 0 Å². The summed E-state index contributed by atoms with van der Waals surface area (Å²) in [6.07, 6.45) is 5.14. The maximum Gasteiger partial charge on any atom is 0.0779 e. The SMILES string of the molecule is c1cnc([C@@H]2COCCN2)cn1. The van der Waals surface area contributed by atoms with E-state index >= 15 is 0 Å². The molecule has 1 aliphatic heterocycles. The van der Waals surface area contributed by atoms with E-state index in [1.54, 1.807) is 18.6 Å². The zero-order valence-electron chi connectivity index (χ0n) is 6.73. The Labute approximate surface area is 71.0 Å². The van der Waals surface area contributed by atoms with Crippen molar-refractivity contribution < 1.29 is 4.74 Å². The highest BCUT2D eigenvalue weighted by Crippen LogP contribution is 2.10. The van der Waals surface area contributed by atoms with Crippen LogP contribution in [0.5, 0.6) is 0 Å². The van der Waals surface area contributed by atoms with Gasteiger partial charge in [-0.25, -0.2) is 0 Å².